The first-order chi connectivity index (χ1) is 12.1. The van der Waals surface area contributed by atoms with E-state index in [1.807, 2.05) is 0 Å². The van der Waals surface area contributed by atoms with Crippen molar-refractivity contribution in [1.82, 2.24) is 25.2 Å². The van der Waals surface area contributed by atoms with E-state index in [1.165, 1.54) is 37.2 Å². The van der Waals surface area contributed by atoms with E-state index < -0.39 is 11.9 Å². The fourth-order valence-corrected chi connectivity index (χ4v) is 2.12. The molecule has 2 heterocycles. The topological polar surface area (TPSA) is 109 Å². The third-order valence-electron chi connectivity index (χ3n) is 3.30. The number of pyridine rings is 1. The summed E-state index contributed by atoms with van der Waals surface area (Å²) >= 11 is 0. The van der Waals surface area contributed by atoms with Crippen molar-refractivity contribution in [1.29, 1.82) is 0 Å². The van der Waals surface area contributed by atoms with Gasteiger partial charge in [-0.1, -0.05) is 6.07 Å². The first-order valence-corrected chi connectivity index (χ1v) is 7.16. The number of hydrogen-bond donors (Lipinski definition) is 0. The highest BCUT2D eigenvalue weighted by Gasteiger charge is 2.16. The standard InChI is InChI=1S/C16H13N5O4/c1-24-15(22)10-7-11(16(23)25-2)9-12(8-10)21-19-14(18-20-21)13-5-3-4-6-17-13/h3-9H,1-2H3. The summed E-state index contributed by atoms with van der Waals surface area (Å²) in [6, 6.07) is 9.67. The van der Waals surface area contributed by atoms with Gasteiger partial charge >= 0.3 is 11.9 Å². The number of methoxy groups -OCH3 is 2. The molecule has 0 saturated carbocycles. The Bertz CT molecular complexity index is 889. The Balaban J connectivity index is 2.06. The van der Waals surface area contributed by atoms with Crippen LogP contribution >= 0.6 is 0 Å². The van der Waals surface area contributed by atoms with Gasteiger partial charge in [0.1, 0.15) is 5.69 Å². The van der Waals surface area contributed by atoms with Crippen LogP contribution in [0.2, 0.25) is 0 Å². The highest BCUT2D eigenvalue weighted by atomic mass is 16.5. The van der Waals surface area contributed by atoms with Gasteiger partial charge in [0.2, 0.25) is 5.82 Å². The molecule has 9 nitrogen and oxygen atoms in total. The molecule has 0 spiro atoms. The zero-order chi connectivity index (χ0) is 17.8. The van der Waals surface area contributed by atoms with E-state index in [9.17, 15) is 9.59 Å². The van der Waals surface area contributed by atoms with Crippen molar-refractivity contribution in [3.05, 3.63) is 53.7 Å². The van der Waals surface area contributed by atoms with E-state index in [0.29, 0.717) is 17.2 Å². The second-order valence-electron chi connectivity index (χ2n) is 4.87. The molecule has 9 heteroatoms. The van der Waals surface area contributed by atoms with E-state index in [0.717, 1.165) is 0 Å². The zero-order valence-electron chi connectivity index (χ0n) is 13.4. The van der Waals surface area contributed by atoms with Crippen molar-refractivity contribution >= 4 is 11.9 Å². The molecule has 3 rings (SSSR count). The SMILES string of the molecule is COC(=O)c1cc(C(=O)OC)cc(-n2nnc(-c3ccccn3)n2)c1. The Hall–Kier alpha value is -3.62. The molecule has 0 saturated heterocycles. The number of esters is 2. The van der Waals surface area contributed by atoms with Gasteiger partial charge in [-0.3, -0.25) is 4.98 Å². The summed E-state index contributed by atoms with van der Waals surface area (Å²) in [5.41, 5.74) is 1.23. The Kier molecular flexibility index (Phi) is 4.46. The predicted molar refractivity (Wildman–Crippen MR) is 85.1 cm³/mol. The molecule has 0 aliphatic rings. The summed E-state index contributed by atoms with van der Waals surface area (Å²) in [7, 11) is 2.50. The summed E-state index contributed by atoms with van der Waals surface area (Å²) in [6.45, 7) is 0. The third-order valence-corrected chi connectivity index (χ3v) is 3.30. The minimum absolute atomic E-state index is 0.164. The Morgan fingerprint density at radius 3 is 2.24 bits per heavy atom. The number of carbonyl (C=O) groups excluding carboxylic acids is 2. The van der Waals surface area contributed by atoms with Gasteiger partial charge in [-0.05, 0) is 35.5 Å². The predicted octanol–water partition coefficient (Wildman–Crippen LogP) is 1.30. The van der Waals surface area contributed by atoms with Crippen molar-refractivity contribution < 1.29 is 19.1 Å². The van der Waals surface area contributed by atoms with Crippen LogP contribution < -0.4 is 0 Å². The number of hydrogen-bond acceptors (Lipinski definition) is 8. The van der Waals surface area contributed by atoms with Crippen molar-refractivity contribution in [2.24, 2.45) is 0 Å². The van der Waals surface area contributed by atoms with Crippen LogP contribution in [0, 0.1) is 0 Å². The molecule has 2 aromatic heterocycles. The highest BCUT2D eigenvalue weighted by Crippen LogP contribution is 2.17. The molecule has 0 unspecified atom stereocenters. The first-order valence-electron chi connectivity index (χ1n) is 7.16. The Labute approximate surface area is 142 Å². The number of carbonyl (C=O) groups is 2. The van der Waals surface area contributed by atoms with E-state index in [1.54, 1.807) is 24.4 Å². The van der Waals surface area contributed by atoms with Gasteiger partial charge in [0.25, 0.3) is 0 Å². The van der Waals surface area contributed by atoms with Crippen LogP contribution in [0.4, 0.5) is 0 Å². The fourth-order valence-electron chi connectivity index (χ4n) is 2.12. The third kappa shape index (κ3) is 3.34. The van der Waals surface area contributed by atoms with Gasteiger partial charge in [-0.25, -0.2) is 9.59 Å². The molecule has 0 atom stereocenters. The molecule has 1 aromatic carbocycles. The molecular formula is C16H13N5O4. The van der Waals surface area contributed by atoms with Crippen molar-refractivity contribution in [3.63, 3.8) is 0 Å². The van der Waals surface area contributed by atoms with E-state index in [-0.39, 0.29) is 11.1 Å². The van der Waals surface area contributed by atoms with Crippen molar-refractivity contribution in [3.8, 4) is 17.2 Å². The van der Waals surface area contributed by atoms with Gasteiger partial charge in [-0.15, -0.1) is 15.0 Å². The van der Waals surface area contributed by atoms with E-state index in [2.05, 4.69) is 20.4 Å². The Morgan fingerprint density at radius 1 is 1.00 bits per heavy atom. The second kappa shape index (κ2) is 6.87. The minimum Gasteiger partial charge on any atom is -0.465 e. The van der Waals surface area contributed by atoms with Gasteiger partial charge in [0, 0.05) is 6.20 Å². The number of rotatable bonds is 4. The number of nitrogens with zero attached hydrogens (tertiary/aromatic N) is 5. The summed E-state index contributed by atoms with van der Waals surface area (Å²) in [4.78, 5) is 29.0. The van der Waals surface area contributed by atoms with Crippen LogP contribution in [0.25, 0.3) is 17.2 Å². The first kappa shape index (κ1) is 16.2. The maximum atomic E-state index is 11.8. The van der Waals surface area contributed by atoms with Crippen LogP contribution in [-0.4, -0.2) is 51.3 Å². The van der Waals surface area contributed by atoms with Crippen LogP contribution in [0.3, 0.4) is 0 Å². The Morgan fingerprint density at radius 2 is 1.68 bits per heavy atom. The lowest BCUT2D eigenvalue weighted by Gasteiger charge is -2.06. The lowest BCUT2D eigenvalue weighted by Crippen LogP contribution is -2.10. The average molecular weight is 339 g/mol. The maximum Gasteiger partial charge on any atom is 0.337 e. The molecule has 0 bridgehead atoms. The van der Waals surface area contributed by atoms with Gasteiger partial charge in [0.05, 0.1) is 31.0 Å². The van der Waals surface area contributed by atoms with E-state index in [4.69, 9.17) is 9.47 Å². The van der Waals surface area contributed by atoms with Crippen LogP contribution in [0.1, 0.15) is 20.7 Å². The summed E-state index contributed by atoms with van der Waals surface area (Å²) in [5, 5.41) is 12.1. The smallest absolute Gasteiger partial charge is 0.337 e. The highest BCUT2D eigenvalue weighted by molar-refractivity contribution is 5.96. The van der Waals surface area contributed by atoms with Gasteiger partial charge in [0.15, 0.2) is 0 Å². The lowest BCUT2D eigenvalue weighted by atomic mass is 10.1. The van der Waals surface area contributed by atoms with Gasteiger partial charge in [-0.2, -0.15) is 0 Å². The van der Waals surface area contributed by atoms with Crippen LogP contribution in [0.15, 0.2) is 42.6 Å². The second-order valence-corrected chi connectivity index (χ2v) is 4.87. The number of aromatic nitrogens is 5. The molecule has 0 radical (unpaired) electrons. The monoisotopic (exact) mass is 339 g/mol. The average Bonchev–Trinajstić information content (AvgIpc) is 3.17. The summed E-state index contributed by atoms with van der Waals surface area (Å²) in [5.74, 6) is -0.891. The maximum absolute atomic E-state index is 11.8. The van der Waals surface area contributed by atoms with Crippen LogP contribution in [-0.2, 0) is 9.47 Å². The number of ether oxygens (including phenoxy) is 2. The minimum atomic E-state index is -0.600. The summed E-state index contributed by atoms with van der Waals surface area (Å²) in [6.07, 6.45) is 1.61. The normalized spacial score (nSPS) is 10.3. The number of tetrazole rings is 1. The molecule has 0 fully saturated rings. The largest absolute Gasteiger partial charge is 0.465 e. The fraction of sp³-hybridized carbons (Fsp3) is 0.125. The molecular weight excluding hydrogens is 326 g/mol. The molecule has 0 aliphatic carbocycles. The number of benzene rings is 1. The zero-order valence-corrected chi connectivity index (χ0v) is 13.4. The summed E-state index contributed by atoms with van der Waals surface area (Å²) < 4.78 is 9.41. The van der Waals surface area contributed by atoms with Gasteiger partial charge < -0.3 is 9.47 Å². The molecule has 0 aliphatic heterocycles. The molecule has 0 amide bonds. The van der Waals surface area contributed by atoms with Crippen molar-refractivity contribution in [2.45, 2.75) is 0 Å². The molecule has 3 aromatic rings. The quantitative estimate of drug-likeness (QED) is 0.654. The van der Waals surface area contributed by atoms with E-state index >= 15 is 0 Å². The molecule has 25 heavy (non-hydrogen) atoms. The van der Waals surface area contributed by atoms with Crippen LogP contribution in [0.5, 0.6) is 0 Å². The molecule has 126 valence electrons. The lowest BCUT2D eigenvalue weighted by molar-refractivity contribution is 0.0599. The molecule has 0 N–H and O–H groups in total. The van der Waals surface area contributed by atoms with Crippen molar-refractivity contribution in [2.75, 3.05) is 14.2 Å².